The molecule has 0 saturated heterocycles. The Hall–Kier alpha value is -3.11. The van der Waals surface area contributed by atoms with Gasteiger partial charge in [0.2, 0.25) is 11.8 Å². The van der Waals surface area contributed by atoms with Crippen LogP contribution in [0.15, 0.2) is 14.6 Å². The van der Waals surface area contributed by atoms with Crippen molar-refractivity contribution in [1.29, 1.82) is 0 Å². The Morgan fingerprint density at radius 3 is 2.39 bits per heavy atom. The summed E-state index contributed by atoms with van der Waals surface area (Å²) in [5.74, 6) is -1.60. The summed E-state index contributed by atoms with van der Waals surface area (Å²) in [6.45, 7) is 6.19. The van der Waals surface area contributed by atoms with E-state index in [0.29, 0.717) is 13.0 Å². The van der Waals surface area contributed by atoms with Crippen LogP contribution in [0.25, 0.3) is 0 Å². The summed E-state index contributed by atoms with van der Waals surface area (Å²) < 4.78 is 1.24. The van der Waals surface area contributed by atoms with Crippen LogP contribution in [0, 0.1) is 5.92 Å². The van der Waals surface area contributed by atoms with Gasteiger partial charge in [0.15, 0.2) is 11.6 Å². The van der Waals surface area contributed by atoms with Gasteiger partial charge >= 0.3 is 5.69 Å². The van der Waals surface area contributed by atoms with Crippen molar-refractivity contribution in [1.82, 2.24) is 9.55 Å². The van der Waals surface area contributed by atoms with Gasteiger partial charge in [-0.05, 0) is 12.3 Å². The maximum absolute atomic E-state index is 12.8. The summed E-state index contributed by atoms with van der Waals surface area (Å²) >= 11 is 0. The second-order valence-electron chi connectivity index (χ2n) is 6.83. The largest absolute Gasteiger partial charge is 0.383 e. The van der Waals surface area contributed by atoms with Crippen molar-refractivity contribution in [3.05, 3.63) is 20.8 Å². The molecule has 0 aliphatic rings. The number of amides is 2. The quantitative estimate of drug-likeness (QED) is 0.320. The number of carbonyl (C=O) groups excluding carboxylic acids is 2. The molecule has 0 saturated carbocycles. The van der Waals surface area contributed by atoms with Crippen molar-refractivity contribution >= 4 is 29.3 Å². The molecule has 156 valence electrons. The average molecular weight is 395 g/mol. The number of carbonyl (C=O) groups is 2. The van der Waals surface area contributed by atoms with Crippen molar-refractivity contribution in [2.45, 2.75) is 53.0 Å². The topological polar surface area (TPSA) is 183 Å². The number of H-pyrrole nitrogens is 1. The fourth-order valence-electron chi connectivity index (χ4n) is 2.61. The average Bonchev–Trinajstić information content (AvgIpc) is 2.57. The number of nitrogens with one attached hydrogen (secondary N) is 1. The molecule has 1 rings (SSSR count). The molecule has 2 amide bonds. The molecule has 0 bridgehead atoms. The Labute approximate surface area is 162 Å². The highest BCUT2D eigenvalue weighted by Crippen LogP contribution is 2.20. The fraction of sp³-hybridized carbons (Fsp3) is 0.588. The molecule has 0 fully saturated rings. The Kier molecular flexibility index (Phi) is 8.42. The first-order valence-electron chi connectivity index (χ1n) is 9.13. The molecule has 0 aliphatic carbocycles. The normalized spacial score (nSPS) is 10.7. The Bertz CT molecular complexity index is 850. The monoisotopic (exact) mass is 395 g/mol. The molecule has 1 aromatic rings. The van der Waals surface area contributed by atoms with Crippen molar-refractivity contribution in [2.75, 3.05) is 17.2 Å². The van der Waals surface area contributed by atoms with Crippen molar-refractivity contribution in [3.8, 4) is 0 Å². The summed E-state index contributed by atoms with van der Waals surface area (Å²) in [4.78, 5) is 55.7. The second-order valence-corrected chi connectivity index (χ2v) is 6.83. The van der Waals surface area contributed by atoms with Gasteiger partial charge in [0, 0.05) is 25.9 Å². The molecule has 1 aromatic heterocycles. The third-order valence-corrected chi connectivity index (χ3v) is 3.87. The molecule has 0 aromatic carbocycles. The second kappa shape index (κ2) is 10.3. The molecular weight excluding hydrogens is 366 g/mol. The van der Waals surface area contributed by atoms with Gasteiger partial charge in [-0.15, -0.1) is 0 Å². The molecule has 0 atom stereocenters. The summed E-state index contributed by atoms with van der Waals surface area (Å²) in [5.41, 5.74) is 14.9. The van der Waals surface area contributed by atoms with Gasteiger partial charge in [0.25, 0.3) is 5.56 Å². The van der Waals surface area contributed by atoms with Crippen LogP contribution in [0.1, 0.15) is 46.5 Å². The van der Waals surface area contributed by atoms with Crippen LogP contribution >= 0.6 is 0 Å². The molecule has 0 aliphatic heterocycles. The van der Waals surface area contributed by atoms with Crippen molar-refractivity contribution in [3.63, 3.8) is 0 Å². The molecular formula is C17H29N7O4. The zero-order valence-corrected chi connectivity index (χ0v) is 16.5. The number of aliphatic imine (C=N–C) groups is 1. The molecule has 0 unspecified atom stereocenters. The van der Waals surface area contributed by atoms with Crippen molar-refractivity contribution in [2.24, 2.45) is 22.4 Å². The molecule has 1 heterocycles. The summed E-state index contributed by atoms with van der Waals surface area (Å²) in [6.07, 6.45) is 1.07. The first-order chi connectivity index (χ1) is 13.1. The summed E-state index contributed by atoms with van der Waals surface area (Å²) in [5, 5.41) is 0. The molecule has 11 nitrogen and oxygen atoms in total. The number of hydrogen-bond acceptors (Lipinski definition) is 5. The van der Waals surface area contributed by atoms with Gasteiger partial charge in [-0.3, -0.25) is 23.9 Å². The highest BCUT2D eigenvalue weighted by atomic mass is 16.2. The fourth-order valence-corrected chi connectivity index (χ4v) is 2.61. The third-order valence-electron chi connectivity index (χ3n) is 3.87. The molecule has 0 spiro atoms. The van der Waals surface area contributed by atoms with Crippen LogP contribution < -0.4 is 33.3 Å². The number of nitrogens with two attached hydrogens (primary N) is 3. The first-order valence-corrected chi connectivity index (χ1v) is 9.13. The number of aromatic nitrogens is 2. The molecule has 11 heteroatoms. The molecule has 28 heavy (non-hydrogen) atoms. The lowest BCUT2D eigenvalue weighted by molar-refractivity contribution is -0.123. The van der Waals surface area contributed by atoms with E-state index in [0.717, 1.165) is 6.42 Å². The van der Waals surface area contributed by atoms with E-state index in [1.54, 1.807) is 0 Å². The van der Waals surface area contributed by atoms with E-state index in [1.807, 2.05) is 20.8 Å². The number of anilines is 2. The predicted octanol–water partition coefficient (Wildman–Crippen LogP) is -0.512. The van der Waals surface area contributed by atoms with Crippen molar-refractivity contribution < 1.29 is 9.59 Å². The first kappa shape index (κ1) is 22.9. The SMILES string of the molecule is CCCCn1c(N)c(N(CC(C)C)C(=O)CCC(=O)N=C(N)N)c(=O)[nH]c1=O. The van der Waals surface area contributed by atoms with E-state index >= 15 is 0 Å². The van der Waals surface area contributed by atoms with Gasteiger partial charge in [-0.2, -0.15) is 4.99 Å². The van der Waals surface area contributed by atoms with E-state index in [4.69, 9.17) is 17.2 Å². The van der Waals surface area contributed by atoms with Gasteiger partial charge in [-0.25, -0.2) is 4.79 Å². The van der Waals surface area contributed by atoms with Crippen LogP contribution in [0.3, 0.4) is 0 Å². The van der Waals surface area contributed by atoms with E-state index in [2.05, 4.69) is 9.98 Å². The third kappa shape index (κ3) is 6.25. The molecule has 7 N–H and O–H groups in total. The number of nitrogen functional groups attached to an aromatic ring is 1. The van der Waals surface area contributed by atoms with Gasteiger partial charge < -0.3 is 22.1 Å². The minimum absolute atomic E-state index is 0.00665. The van der Waals surface area contributed by atoms with Gasteiger partial charge in [0.1, 0.15) is 5.82 Å². The zero-order chi connectivity index (χ0) is 21.4. The van der Waals surface area contributed by atoms with Crippen LogP contribution in [0.5, 0.6) is 0 Å². The lowest BCUT2D eigenvalue weighted by Gasteiger charge is -2.26. The maximum atomic E-state index is 12.8. The smallest absolute Gasteiger partial charge is 0.330 e. The summed E-state index contributed by atoms with van der Waals surface area (Å²) in [6, 6.07) is 0. The number of nitrogens with zero attached hydrogens (tertiary/aromatic N) is 3. The number of guanidine groups is 1. The van der Waals surface area contributed by atoms with Crippen LogP contribution in [0.2, 0.25) is 0 Å². The molecule has 0 radical (unpaired) electrons. The van der Waals surface area contributed by atoms with Crippen LogP contribution in [-0.2, 0) is 16.1 Å². The number of hydrogen-bond donors (Lipinski definition) is 4. The highest BCUT2D eigenvalue weighted by Gasteiger charge is 2.25. The van der Waals surface area contributed by atoms with Crippen LogP contribution in [-0.4, -0.2) is 33.9 Å². The Morgan fingerprint density at radius 1 is 1.21 bits per heavy atom. The van der Waals surface area contributed by atoms with Gasteiger partial charge in [0.05, 0.1) is 0 Å². The Morgan fingerprint density at radius 2 is 1.86 bits per heavy atom. The standard InChI is InChI=1S/C17H29N7O4/c1-4-5-8-23-14(18)13(15(27)22-17(23)28)24(9-10(2)3)12(26)7-6-11(25)21-16(19)20/h10H,4-9,18H2,1-3H3,(H,22,27,28)(H4,19,20,21,25). The lowest BCUT2D eigenvalue weighted by atomic mass is 10.1. The van der Waals surface area contributed by atoms with E-state index < -0.39 is 23.1 Å². The summed E-state index contributed by atoms with van der Waals surface area (Å²) in [7, 11) is 0. The van der Waals surface area contributed by atoms with E-state index in [-0.39, 0.29) is 42.8 Å². The predicted molar refractivity (Wildman–Crippen MR) is 108 cm³/mol. The maximum Gasteiger partial charge on any atom is 0.330 e. The minimum Gasteiger partial charge on any atom is -0.383 e. The number of unbranched alkanes of at least 4 members (excludes halogenated alkanes) is 1. The minimum atomic E-state index is -0.750. The van der Waals surface area contributed by atoms with Gasteiger partial charge in [-0.1, -0.05) is 27.2 Å². The highest BCUT2D eigenvalue weighted by molar-refractivity contribution is 5.98. The van der Waals surface area contributed by atoms with E-state index in [1.165, 1.54) is 9.47 Å². The number of rotatable bonds is 9. The van der Waals surface area contributed by atoms with Crippen LogP contribution in [0.4, 0.5) is 11.5 Å². The number of aromatic amines is 1. The Balaban J connectivity index is 3.28. The zero-order valence-electron chi connectivity index (χ0n) is 16.5. The van der Waals surface area contributed by atoms with E-state index in [9.17, 15) is 19.2 Å². The lowest BCUT2D eigenvalue weighted by Crippen LogP contribution is -2.42.